The summed E-state index contributed by atoms with van der Waals surface area (Å²) in [5, 5.41) is 0. The fraction of sp³-hybridized carbons (Fsp3) is 0.750. The van der Waals surface area contributed by atoms with Crippen molar-refractivity contribution in [2.75, 3.05) is 13.1 Å². The topological polar surface area (TPSA) is 63.4 Å². The van der Waals surface area contributed by atoms with Crippen molar-refractivity contribution in [1.82, 2.24) is 4.90 Å². The molecule has 0 radical (unpaired) electrons. The fourth-order valence-electron chi connectivity index (χ4n) is 1.42. The number of nitrogens with two attached hydrogens (primary N) is 1. The van der Waals surface area contributed by atoms with E-state index in [1.54, 1.807) is 0 Å². The Labute approximate surface area is 75.9 Å². The molecule has 1 aliphatic heterocycles. The summed E-state index contributed by atoms with van der Waals surface area (Å²) in [7, 11) is 0. The Kier molecular flexibility index (Phi) is 2.54. The average molecular weight is 188 g/mol. The molecule has 5 heteroatoms. The lowest BCUT2D eigenvalue weighted by atomic mass is 9.93. The number of halogens is 1. The molecule has 2 N–H and O–H groups in total. The van der Waals surface area contributed by atoms with Crippen molar-refractivity contribution in [3.05, 3.63) is 0 Å². The SMILES string of the molecule is CC(=O)N1CCC(F)(C(N)=O)CC1. The molecule has 1 fully saturated rings. The molecule has 1 heterocycles. The van der Waals surface area contributed by atoms with Gasteiger partial charge < -0.3 is 10.6 Å². The normalized spacial score (nSPS) is 21.2. The van der Waals surface area contributed by atoms with Crippen LogP contribution < -0.4 is 5.73 Å². The van der Waals surface area contributed by atoms with Crippen LogP contribution in [0.15, 0.2) is 0 Å². The number of alkyl halides is 1. The van der Waals surface area contributed by atoms with Crippen molar-refractivity contribution in [1.29, 1.82) is 0 Å². The van der Waals surface area contributed by atoms with Gasteiger partial charge in [-0.3, -0.25) is 9.59 Å². The van der Waals surface area contributed by atoms with Crippen LogP contribution in [0.2, 0.25) is 0 Å². The van der Waals surface area contributed by atoms with Gasteiger partial charge >= 0.3 is 0 Å². The van der Waals surface area contributed by atoms with Crippen molar-refractivity contribution in [3.8, 4) is 0 Å². The third kappa shape index (κ3) is 1.96. The molecule has 0 spiro atoms. The molecular weight excluding hydrogens is 175 g/mol. The monoisotopic (exact) mass is 188 g/mol. The summed E-state index contributed by atoms with van der Waals surface area (Å²) >= 11 is 0. The van der Waals surface area contributed by atoms with Crippen molar-refractivity contribution in [2.45, 2.75) is 25.4 Å². The first kappa shape index (κ1) is 9.95. The molecule has 1 saturated heterocycles. The predicted molar refractivity (Wildman–Crippen MR) is 44.5 cm³/mol. The molecule has 0 aromatic carbocycles. The van der Waals surface area contributed by atoms with Crippen LogP contribution >= 0.6 is 0 Å². The molecule has 1 aliphatic rings. The van der Waals surface area contributed by atoms with Crippen LogP contribution in [-0.4, -0.2) is 35.5 Å². The maximum absolute atomic E-state index is 13.5. The summed E-state index contributed by atoms with van der Waals surface area (Å²) in [5.41, 5.74) is 2.99. The number of carbonyl (C=O) groups excluding carboxylic acids is 2. The summed E-state index contributed by atoms with van der Waals surface area (Å²) in [6, 6.07) is 0. The largest absolute Gasteiger partial charge is 0.367 e. The number of rotatable bonds is 1. The number of nitrogens with zero attached hydrogens (tertiary/aromatic N) is 1. The molecule has 0 unspecified atom stereocenters. The molecule has 0 atom stereocenters. The van der Waals surface area contributed by atoms with E-state index in [2.05, 4.69) is 0 Å². The molecule has 2 amide bonds. The highest BCUT2D eigenvalue weighted by atomic mass is 19.1. The third-order valence-corrected chi connectivity index (χ3v) is 2.44. The van der Waals surface area contributed by atoms with E-state index < -0.39 is 11.6 Å². The molecule has 0 saturated carbocycles. The smallest absolute Gasteiger partial charge is 0.255 e. The molecule has 74 valence electrons. The Hall–Kier alpha value is -1.13. The molecule has 0 aliphatic carbocycles. The summed E-state index contributed by atoms with van der Waals surface area (Å²) in [6.07, 6.45) is 0.0316. The minimum absolute atomic E-state index is 0.0158. The zero-order valence-corrected chi connectivity index (χ0v) is 7.55. The van der Waals surface area contributed by atoms with Gasteiger partial charge in [-0.2, -0.15) is 0 Å². The van der Waals surface area contributed by atoms with Crippen LogP contribution in [0, 0.1) is 0 Å². The molecule has 1 rings (SSSR count). The van der Waals surface area contributed by atoms with Gasteiger partial charge in [0.1, 0.15) is 0 Å². The number of primary amides is 1. The predicted octanol–water partition coefficient (Wildman–Crippen LogP) is -0.178. The minimum atomic E-state index is -1.91. The zero-order valence-electron chi connectivity index (χ0n) is 7.55. The van der Waals surface area contributed by atoms with Crippen LogP contribution in [0.3, 0.4) is 0 Å². The lowest BCUT2D eigenvalue weighted by Crippen LogP contribution is -2.50. The van der Waals surface area contributed by atoms with Crippen LogP contribution in [0.1, 0.15) is 19.8 Å². The van der Waals surface area contributed by atoms with Crippen molar-refractivity contribution >= 4 is 11.8 Å². The quantitative estimate of drug-likeness (QED) is 0.620. The van der Waals surface area contributed by atoms with E-state index in [0.717, 1.165) is 0 Å². The first-order valence-corrected chi connectivity index (χ1v) is 4.20. The zero-order chi connectivity index (χ0) is 10.1. The van der Waals surface area contributed by atoms with Crippen LogP contribution in [-0.2, 0) is 9.59 Å². The number of carbonyl (C=O) groups is 2. The van der Waals surface area contributed by atoms with E-state index in [-0.39, 0.29) is 31.8 Å². The van der Waals surface area contributed by atoms with Gasteiger partial charge in [0, 0.05) is 32.9 Å². The summed E-state index contributed by atoms with van der Waals surface area (Å²) in [5.74, 6) is -1.01. The molecule has 0 bridgehead atoms. The molecule has 0 aromatic rings. The number of likely N-dealkylation sites (tertiary alicyclic amines) is 1. The van der Waals surface area contributed by atoms with Crippen molar-refractivity contribution in [2.24, 2.45) is 5.73 Å². The van der Waals surface area contributed by atoms with Gasteiger partial charge in [0.15, 0.2) is 5.67 Å². The Morgan fingerprint density at radius 2 is 1.85 bits per heavy atom. The van der Waals surface area contributed by atoms with Crippen LogP contribution in [0.25, 0.3) is 0 Å². The van der Waals surface area contributed by atoms with E-state index in [1.807, 2.05) is 0 Å². The van der Waals surface area contributed by atoms with Gasteiger partial charge in [0.05, 0.1) is 0 Å². The lowest BCUT2D eigenvalue weighted by molar-refractivity contribution is -0.139. The number of hydrogen-bond donors (Lipinski definition) is 1. The Morgan fingerprint density at radius 1 is 1.38 bits per heavy atom. The standard InChI is InChI=1S/C8H13FN2O2/c1-6(12)11-4-2-8(9,3-5-11)7(10)13/h2-5H2,1H3,(H2,10,13). The maximum Gasteiger partial charge on any atom is 0.255 e. The van der Waals surface area contributed by atoms with Gasteiger partial charge in [-0.15, -0.1) is 0 Å². The van der Waals surface area contributed by atoms with E-state index >= 15 is 0 Å². The average Bonchev–Trinajstić information content (AvgIpc) is 2.04. The van der Waals surface area contributed by atoms with Crippen molar-refractivity contribution in [3.63, 3.8) is 0 Å². The number of hydrogen-bond acceptors (Lipinski definition) is 2. The molecule has 0 aromatic heterocycles. The fourth-order valence-corrected chi connectivity index (χ4v) is 1.42. The molecular formula is C8H13FN2O2. The Balaban J connectivity index is 2.56. The van der Waals surface area contributed by atoms with Gasteiger partial charge in [-0.25, -0.2) is 4.39 Å². The van der Waals surface area contributed by atoms with Gasteiger partial charge in [-0.05, 0) is 0 Å². The second-order valence-corrected chi connectivity index (χ2v) is 3.34. The maximum atomic E-state index is 13.5. The van der Waals surface area contributed by atoms with Gasteiger partial charge in [-0.1, -0.05) is 0 Å². The second kappa shape index (κ2) is 3.32. The summed E-state index contributed by atoms with van der Waals surface area (Å²) < 4.78 is 13.5. The molecule has 4 nitrogen and oxygen atoms in total. The highest BCUT2D eigenvalue weighted by Gasteiger charge is 2.40. The van der Waals surface area contributed by atoms with Crippen molar-refractivity contribution < 1.29 is 14.0 Å². The molecule has 13 heavy (non-hydrogen) atoms. The van der Waals surface area contributed by atoms with Gasteiger partial charge in [0.25, 0.3) is 5.91 Å². The first-order chi connectivity index (χ1) is 5.96. The summed E-state index contributed by atoms with van der Waals surface area (Å²) in [6.45, 7) is 1.97. The van der Waals surface area contributed by atoms with E-state index in [9.17, 15) is 14.0 Å². The van der Waals surface area contributed by atoms with E-state index in [4.69, 9.17) is 5.73 Å². The third-order valence-electron chi connectivity index (χ3n) is 2.44. The highest BCUT2D eigenvalue weighted by molar-refractivity contribution is 5.84. The minimum Gasteiger partial charge on any atom is -0.367 e. The summed E-state index contributed by atoms with van der Waals surface area (Å²) in [4.78, 5) is 23.1. The number of amides is 2. The van der Waals surface area contributed by atoms with Gasteiger partial charge in [0.2, 0.25) is 5.91 Å². The highest BCUT2D eigenvalue weighted by Crippen LogP contribution is 2.25. The first-order valence-electron chi connectivity index (χ1n) is 4.20. The Bertz CT molecular complexity index is 234. The second-order valence-electron chi connectivity index (χ2n) is 3.34. The lowest BCUT2D eigenvalue weighted by Gasteiger charge is -2.33. The van der Waals surface area contributed by atoms with Crippen LogP contribution in [0.4, 0.5) is 4.39 Å². The van der Waals surface area contributed by atoms with E-state index in [0.29, 0.717) is 0 Å². The van der Waals surface area contributed by atoms with Crippen LogP contribution in [0.5, 0.6) is 0 Å². The number of piperidine rings is 1. The van der Waals surface area contributed by atoms with E-state index in [1.165, 1.54) is 11.8 Å². The Morgan fingerprint density at radius 3 is 2.15 bits per heavy atom.